The zero-order valence-corrected chi connectivity index (χ0v) is 13.0. The first kappa shape index (κ1) is 14.2. The summed E-state index contributed by atoms with van der Waals surface area (Å²) >= 11 is 0. The summed E-state index contributed by atoms with van der Waals surface area (Å²) in [6.45, 7) is 7.70. The Morgan fingerprint density at radius 3 is 2.67 bits per heavy atom. The number of nitrogens with one attached hydrogen (secondary N) is 1. The lowest BCUT2D eigenvalue weighted by molar-refractivity contribution is 0.328. The van der Waals surface area contributed by atoms with Gasteiger partial charge in [0.25, 0.3) is 0 Å². The van der Waals surface area contributed by atoms with Crippen molar-refractivity contribution in [3.05, 3.63) is 65.2 Å². The molecule has 3 rings (SSSR count). The van der Waals surface area contributed by atoms with Crippen LogP contribution in [0.3, 0.4) is 0 Å². The molecule has 2 aromatic rings. The maximum atomic E-state index is 3.71. The Kier molecular flexibility index (Phi) is 4.26. The van der Waals surface area contributed by atoms with Crippen LogP contribution < -0.4 is 5.32 Å². The van der Waals surface area contributed by atoms with Gasteiger partial charge in [0.05, 0.1) is 0 Å². The van der Waals surface area contributed by atoms with Crippen LogP contribution in [-0.2, 0) is 6.54 Å². The van der Waals surface area contributed by atoms with Gasteiger partial charge in [0.2, 0.25) is 0 Å². The molecule has 21 heavy (non-hydrogen) atoms. The number of hydrogen-bond donors (Lipinski definition) is 1. The van der Waals surface area contributed by atoms with Crippen molar-refractivity contribution in [1.82, 2.24) is 4.90 Å². The third kappa shape index (κ3) is 3.64. The first-order chi connectivity index (χ1) is 10.2. The highest BCUT2D eigenvalue weighted by Crippen LogP contribution is 2.21. The fourth-order valence-corrected chi connectivity index (χ4v) is 3.13. The Labute approximate surface area is 127 Å². The summed E-state index contributed by atoms with van der Waals surface area (Å²) in [6, 6.07) is 18.0. The molecule has 1 unspecified atom stereocenters. The van der Waals surface area contributed by atoms with Gasteiger partial charge < -0.3 is 5.32 Å². The van der Waals surface area contributed by atoms with E-state index in [9.17, 15) is 0 Å². The van der Waals surface area contributed by atoms with E-state index >= 15 is 0 Å². The molecule has 1 heterocycles. The van der Waals surface area contributed by atoms with Crippen molar-refractivity contribution in [3.8, 4) is 0 Å². The van der Waals surface area contributed by atoms with Crippen molar-refractivity contribution in [2.24, 2.45) is 0 Å². The van der Waals surface area contributed by atoms with Gasteiger partial charge in [-0.15, -0.1) is 0 Å². The minimum atomic E-state index is 0.565. The third-order valence-electron chi connectivity index (χ3n) is 4.26. The molecular formula is C19H24N2. The summed E-state index contributed by atoms with van der Waals surface area (Å²) < 4.78 is 0. The van der Waals surface area contributed by atoms with Gasteiger partial charge in [-0.3, -0.25) is 4.90 Å². The molecule has 1 fully saturated rings. The molecule has 1 saturated heterocycles. The number of nitrogens with zero attached hydrogens (tertiary/aromatic N) is 1. The zero-order valence-electron chi connectivity index (χ0n) is 13.0. The van der Waals surface area contributed by atoms with E-state index in [0.717, 1.165) is 13.1 Å². The second-order valence-corrected chi connectivity index (χ2v) is 6.17. The predicted molar refractivity (Wildman–Crippen MR) is 89.7 cm³/mol. The number of rotatable bonds is 4. The Hall–Kier alpha value is -1.80. The third-order valence-corrected chi connectivity index (χ3v) is 4.26. The van der Waals surface area contributed by atoms with Crippen molar-refractivity contribution >= 4 is 5.69 Å². The van der Waals surface area contributed by atoms with Crippen LogP contribution in [0, 0.1) is 13.8 Å². The van der Waals surface area contributed by atoms with Gasteiger partial charge in [-0.25, -0.2) is 0 Å². The quantitative estimate of drug-likeness (QED) is 0.911. The molecule has 0 aliphatic carbocycles. The molecule has 0 radical (unpaired) electrons. The van der Waals surface area contributed by atoms with Gasteiger partial charge in [-0.1, -0.05) is 48.0 Å². The Bertz CT molecular complexity index is 592. The van der Waals surface area contributed by atoms with Gasteiger partial charge >= 0.3 is 0 Å². The molecule has 2 heteroatoms. The van der Waals surface area contributed by atoms with E-state index in [2.05, 4.69) is 72.6 Å². The molecule has 0 amide bonds. The zero-order chi connectivity index (χ0) is 14.7. The maximum absolute atomic E-state index is 3.71. The smallest absolute Gasteiger partial charge is 0.0400 e. The topological polar surface area (TPSA) is 15.3 Å². The number of anilines is 1. The molecule has 1 aliphatic heterocycles. The molecule has 2 nitrogen and oxygen atoms in total. The highest BCUT2D eigenvalue weighted by molar-refractivity contribution is 5.52. The number of hydrogen-bond acceptors (Lipinski definition) is 2. The van der Waals surface area contributed by atoms with Crippen LogP contribution >= 0.6 is 0 Å². The molecule has 0 spiro atoms. The number of likely N-dealkylation sites (tertiary alicyclic amines) is 1. The SMILES string of the molecule is Cc1ccc(NC2CCN(Cc3ccccc3)C2)c(C)c1. The monoisotopic (exact) mass is 280 g/mol. The van der Waals surface area contributed by atoms with Crippen LogP contribution in [0.5, 0.6) is 0 Å². The number of aryl methyl sites for hydroxylation is 2. The Morgan fingerprint density at radius 1 is 1.10 bits per heavy atom. The molecule has 2 aromatic carbocycles. The van der Waals surface area contributed by atoms with E-state index < -0.39 is 0 Å². The van der Waals surface area contributed by atoms with E-state index in [4.69, 9.17) is 0 Å². The average Bonchev–Trinajstić information content (AvgIpc) is 2.90. The molecule has 0 bridgehead atoms. The normalized spacial score (nSPS) is 18.9. The minimum absolute atomic E-state index is 0.565. The standard InChI is InChI=1S/C19H24N2/c1-15-8-9-19(16(2)12-15)20-18-10-11-21(14-18)13-17-6-4-3-5-7-17/h3-9,12,18,20H,10-11,13-14H2,1-2H3. The van der Waals surface area contributed by atoms with E-state index in [1.54, 1.807) is 0 Å². The van der Waals surface area contributed by atoms with E-state index in [1.807, 2.05) is 0 Å². The van der Waals surface area contributed by atoms with Crippen LogP contribution in [0.15, 0.2) is 48.5 Å². The van der Waals surface area contributed by atoms with Crippen molar-refractivity contribution < 1.29 is 0 Å². The fourth-order valence-electron chi connectivity index (χ4n) is 3.13. The van der Waals surface area contributed by atoms with Gasteiger partial charge in [-0.05, 0) is 37.5 Å². The Morgan fingerprint density at radius 2 is 1.90 bits per heavy atom. The molecule has 0 aromatic heterocycles. The maximum Gasteiger partial charge on any atom is 0.0400 e. The second kappa shape index (κ2) is 6.31. The lowest BCUT2D eigenvalue weighted by atomic mass is 10.1. The molecule has 110 valence electrons. The van der Waals surface area contributed by atoms with Crippen LogP contribution in [0.25, 0.3) is 0 Å². The summed E-state index contributed by atoms with van der Waals surface area (Å²) in [5.41, 5.74) is 5.36. The molecule has 1 atom stereocenters. The van der Waals surface area contributed by atoms with Crippen molar-refractivity contribution in [3.63, 3.8) is 0 Å². The Balaban J connectivity index is 1.57. The first-order valence-corrected chi connectivity index (χ1v) is 7.81. The summed E-state index contributed by atoms with van der Waals surface area (Å²) in [6.07, 6.45) is 1.22. The summed E-state index contributed by atoms with van der Waals surface area (Å²) in [5.74, 6) is 0. The second-order valence-electron chi connectivity index (χ2n) is 6.17. The highest BCUT2D eigenvalue weighted by atomic mass is 15.2. The summed E-state index contributed by atoms with van der Waals surface area (Å²) in [7, 11) is 0. The van der Waals surface area contributed by atoms with Gasteiger partial charge in [0.15, 0.2) is 0 Å². The minimum Gasteiger partial charge on any atom is -0.381 e. The van der Waals surface area contributed by atoms with Crippen molar-refractivity contribution in [1.29, 1.82) is 0 Å². The first-order valence-electron chi connectivity index (χ1n) is 7.81. The van der Waals surface area contributed by atoms with Gasteiger partial charge in [0.1, 0.15) is 0 Å². The summed E-state index contributed by atoms with van der Waals surface area (Å²) in [5, 5.41) is 3.71. The van der Waals surface area contributed by atoms with E-state index in [0.29, 0.717) is 6.04 Å². The predicted octanol–water partition coefficient (Wildman–Crippen LogP) is 3.99. The van der Waals surface area contributed by atoms with E-state index in [1.165, 1.54) is 35.3 Å². The van der Waals surface area contributed by atoms with Crippen LogP contribution in [-0.4, -0.2) is 24.0 Å². The largest absolute Gasteiger partial charge is 0.381 e. The molecule has 1 N–H and O–H groups in total. The average molecular weight is 280 g/mol. The molecule has 0 saturated carbocycles. The molecular weight excluding hydrogens is 256 g/mol. The lowest BCUT2D eigenvalue weighted by Gasteiger charge is -2.18. The van der Waals surface area contributed by atoms with Gasteiger partial charge in [-0.2, -0.15) is 0 Å². The van der Waals surface area contributed by atoms with Crippen LogP contribution in [0.4, 0.5) is 5.69 Å². The fraction of sp³-hybridized carbons (Fsp3) is 0.368. The van der Waals surface area contributed by atoms with E-state index in [-0.39, 0.29) is 0 Å². The van der Waals surface area contributed by atoms with Gasteiger partial charge in [0, 0.05) is 31.4 Å². The van der Waals surface area contributed by atoms with Crippen LogP contribution in [0.1, 0.15) is 23.1 Å². The summed E-state index contributed by atoms with van der Waals surface area (Å²) in [4.78, 5) is 2.54. The van der Waals surface area contributed by atoms with Crippen molar-refractivity contribution in [2.75, 3.05) is 18.4 Å². The van der Waals surface area contributed by atoms with Crippen LogP contribution in [0.2, 0.25) is 0 Å². The van der Waals surface area contributed by atoms with Crippen molar-refractivity contribution in [2.45, 2.75) is 32.9 Å². The highest BCUT2D eigenvalue weighted by Gasteiger charge is 2.22. The number of benzene rings is 2. The lowest BCUT2D eigenvalue weighted by Crippen LogP contribution is -2.26. The molecule has 1 aliphatic rings.